The number of hydrogen-bond acceptors (Lipinski definition) is 4. The molecule has 3 amide bonds. The summed E-state index contributed by atoms with van der Waals surface area (Å²) < 4.78 is 4.70. The van der Waals surface area contributed by atoms with E-state index in [1.54, 1.807) is 18.2 Å². The summed E-state index contributed by atoms with van der Waals surface area (Å²) in [6, 6.07) is 3.10. The van der Waals surface area contributed by atoms with Gasteiger partial charge in [-0.1, -0.05) is 36.0 Å². The molecule has 146 valence electrons. The molecule has 1 aliphatic carbocycles. The second-order valence-electron chi connectivity index (χ2n) is 6.73. The first-order valence-electron chi connectivity index (χ1n) is 8.82. The maximum atomic E-state index is 13.1. The predicted octanol–water partition coefficient (Wildman–Crippen LogP) is 3.20. The Morgan fingerprint density at radius 1 is 1.26 bits per heavy atom. The topological polar surface area (TPSA) is 87.7 Å². The van der Waals surface area contributed by atoms with Crippen LogP contribution in [0.1, 0.15) is 32.1 Å². The van der Waals surface area contributed by atoms with Crippen molar-refractivity contribution in [2.45, 2.75) is 50.2 Å². The lowest BCUT2D eigenvalue weighted by atomic mass is 9.85. The molecule has 0 aromatic heterocycles. The minimum atomic E-state index is -0.917. The molecule has 2 N–H and O–H groups in total. The average Bonchev–Trinajstić information content (AvgIpc) is 2.65. The van der Waals surface area contributed by atoms with E-state index < -0.39 is 18.0 Å². The van der Waals surface area contributed by atoms with Crippen LogP contribution in [0.2, 0.25) is 10.0 Å². The highest BCUT2D eigenvalue weighted by atomic mass is 35.5. The molecule has 1 aromatic rings. The molecule has 1 heterocycles. The van der Waals surface area contributed by atoms with Gasteiger partial charge in [0.25, 0.3) is 0 Å². The van der Waals surface area contributed by atoms with Crippen LogP contribution in [0, 0.1) is 0 Å². The number of carbonyl (C=O) groups is 3. The largest absolute Gasteiger partial charge is 0.469 e. The van der Waals surface area contributed by atoms with Crippen LogP contribution in [0.15, 0.2) is 18.2 Å². The van der Waals surface area contributed by atoms with Gasteiger partial charge in [0.05, 0.1) is 29.6 Å². The molecule has 3 atom stereocenters. The summed E-state index contributed by atoms with van der Waals surface area (Å²) in [5, 5.41) is 6.41. The number of ether oxygens (including phenoxy) is 1. The van der Waals surface area contributed by atoms with E-state index in [0.717, 1.165) is 25.7 Å². The molecule has 3 rings (SSSR count). The lowest BCUT2D eigenvalue weighted by molar-refractivity contribution is -0.146. The number of anilines is 1. The number of esters is 1. The SMILES string of the molecule is COC(=O)CC1C(=O)NC2CCCCC2N1C(=O)Nc1ccc(Cl)c(Cl)c1. The highest BCUT2D eigenvalue weighted by Gasteiger charge is 2.46. The number of hydrogen-bond donors (Lipinski definition) is 2. The van der Waals surface area contributed by atoms with Gasteiger partial charge in [-0.15, -0.1) is 0 Å². The van der Waals surface area contributed by atoms with E-state index in [-0.39, 0.29) is 24.4 Å². The van der Waals surface area contributed by atoms with E-state index in [2.05, 4.69) is 10.6 Å². The fourth-order valence-corrected chi connectivity index (χ4v) is 4.03. The van der Waals surface area contributed by atoms with E-state index in [0.29, 0.717) is 15.7 Å². The number of carbonyl (C=O) groups excluding carboxylic acids is 3. The monoisotopic (exact) mass is 413 g/mol. The predicted molar refractivity (Wildman–Crippen MR) is 102 cm³/mol. The molecule has 1 saturated heterocycles. The van der Waals surface area contributed by atoms with Crippen LogP contribution < -0.4 is 10.6 Å². The maximum absolute atomic E-state index is 13.1. The summed E-state index contributed by atoms with van der Waals surface area (Å²) in [6.45, 7) is 0. The first kappa shape index (κ1) is 19.8. The number of amides is 3. The Morgan fingerprint density at radius 2 is 2.00 bits per heavy atom. The van der Waals surface area contributed by atoms with E-state index in [9.17, 15) is 14.4 Å². The van der Waals surface area contributed by atoms with E-state index >= 15 is 0 Å². The van der Waals surface area contributed by atoms with Gasteiger partial charge in [0, 0.05) is 11.7 Å². The van der Waals surface area contributed by atoms with Gasteiger partial charge in [0.2, 0.25) is 5.91 Å². The Bertz CT molecular complexity index is 758. The number of methoxy groups -OCH3 is 1. The molecule has 1 aromatic carbocycles. The molecular weight excluding hydrogens is 393 g/mol. The number of rotatable bonds is 3. The Balaban J connectivity index is 1.86. The van der Waals surface area contributed by atoms with Crippen molar-refractivity contribution in [2.24, 2.45) is 0 Å². The number of nitrogens with one attached hydrogen (secondary N) is 2. The van der Waals surface area contributed by atoms with Gasteiger partial charge in [-0.3, -0.25) is 9.59 Å². The van der Waals surface area contributed by atoms with Crippen molar-refractivity contribution in [3.8, 4) is 0 Å². The molecule has 27 heavy (non-hydrogen) atoms. The van der Waals surface area contributed by atoms with Crippen LogP contribution in [0.3, 0.4) is 0 Å². The van der Waals surface area contributed by atoms with Crippen molar-refractivity contribution in [3.05, 3.63) is 28.2 Å². The number of halogens is 2. The Hall–Kier alpha value is -1.99. The number of urea groups is 1. The van der Waals surface area contributed by atoms with Crippen molar-refractivity contribution in [1.29, 1.82) is 0 Å². The maximum Gasteiger partial charge on any atom is 0.322 e. The fourth-order valence-electron chi connectivity index (χ4n) is 3.74. The van der Waals surface area contributed by atoms with E-state index in [4.69, 9.17) is 27.9 Å². The fraction of sp³-hybridized carbons (Fsp3) is 0.500. The van der Waals surface area contributed by atoms with Gasteiger partial charge in [0.15, 0.2) is 0 Å². The number of piperazine rings is 1. The van der Waals surface area contributed by atoms with Gasteiger partial charge in [0.1, 0.15) is 6.04 Å². The molecule has 7 nitrogen and oxygen atoms in total. The zero-order valence-electron chi connectivity index (χ0n) is 14.8. The van der Waals surface area contributed by atoms with Crippen molar-refractivity contribution < 1.29 is 19.1 Å². The summed E-state index contributed by atoms with van der Waals surface area (Å²) in [4.78, 5) is 38.9. The Morgan fingerprint density at radius 3 is 2.70 bits per heavy atom. The second kappa shape index (κ2) is 8.35. The summed E-state index contributed by atoms with van der Waals surface area (Å²) >= 11 is 11.9. The normalized spacial score (nSPS) is 24.6. The summed E-state index contributed by atoms with van der Waals surface area (Å²) in [5.74, 6) is -0.885. The summed E-state index contributed by atoms with van der Waals surface area (Å²) in [6.07, 6.45) is 3.32. The lowest BCUT2D eigenvalue weighted by Gasteiger charge is -2.47. The third kappa shape index (κ3) is 4.30. The second-order valence-corrected chi connectivity index (χ2v) is 7.54. The number of nitrogens with zero attached hydrogens (tertiary/aromatic N) is 1. The smallest absolute Gasteiger partial charge is 0.322 e. The van der Waals surface area contributed by atoms with Crippen molar-refractivity contribution in [1.82, 2.24) is 10.2 Å². The van der Waals surface area contributed by atoms with Crippen LogP contribution in [0.25, 0.3) is 0 Å². The van der Waals surface area contributed by atoms with Crippen molar-refractivity contribution >= 4 is 46.8 Å². The quantitative estimate of drug-likeness (QED) is 0.744. The Labute approximate surface area is 167 Å². The minimum Gasteiger partial charge on any atom is -0.469 e. The highest BCUT2D eigenvalue weighted by Crippen LogP contribution is 2.31. The third-order valence-corrected chi connectivity index (χ3v) is 5.78. The van der Waals surface area contributed by atoms with Crippen molar-refractivity contribution in [3.63, 3.8) is 0 Å². The molecule has 1 aliphatic heterocycles. The first-order valence-corrected chi connectivity index (χ1v) is 9.58. The molecular formula is C18H21Cl2N3O4. The first-order chi connectivity index (χ1) is 12.9. The van der Waals surface area contributed by atoms with Crippen LogP contribution in [0.5, 0.6) is 0 Å². The van der Waals surface area contributed by atoms with E-state index in [1.165, 1.54) is 12.0 Å². The highest BCUT2D eigenvalue weighted by molar-refractivity contribution is 6.42. The molecule has 0 bridgehead atoms. The summed E-state index contributed by atoms with van der Waals surface area (Å²) in [5.41, 5.74) is 0.463. The third-order valence-electron chi connectivity index (χ3n) is 5.05. The van der Waals surface area contributed by atoms with Gasteiger partial charge in [-0.2, -0.15) is 0 Å². The van der Waals surface area contributed by atoms with Crippen LogP contribution in [-0.2, 0) is 14.3 Å². The van der Waals surface area contributed by atoms with Gasteiger partial charge < -0.3 is 20.3 Å². The molecule has 2 fully saturated rings. The minimum absolute atomic E-state index is 0.111. The molecule has 9 heteroatoms. The van der Waals surface area contributed by atoms with Crippen LogP contribution in [-0.4, -0.2) is 48.0 Å². The standard InChI is InChI=1S/C18H21Cl2N3O4/c1-27-16(24)9-15-17(25)22-13-4-2-3-5-14(13)23(15)18(26)21-10-6-7-11(19)12(20)8-10/h6-8,13-15H,2-5,9H2,1H3,(H,21,26)(H,22,25). The zero-order valence-corrected chi connectivity index (χ0v) is 16.3. The number of fused-ring (bicyclic) bond motifs is 1. The van der Waals surface area contributed by atoms with Crippen LogP contribution >= 0.6 is 23.2 Å². The zero-order chi connectivity index (χ0) is 19.6. The van der Waals surface area contributed by atoms with Gasteiger partial charge in [-0.05, 0) is 31.0 Å². The molecule has 1 saturated carbocycles. The molecule has 0 radical (unpaired) electrons. The number of benzene rings is 1. The average molecular weight is 414 g/mol. The molecule has 2 aliphatic rings. The summed E-state index contributed by atoms with van der Waals surface area (Å²) in [7, 11) is 1.26. The van der Waals surface area contributed by atoms with Gasteiger partial charge >= 0.3 is 12.0 Å². The molecule has 3 unspecified atom stereocenters. The lowest BCUT2D eigenvalue weighted by Crippen LogP contribution is -2.68. The Kier molecular flexibility index (Phi) is 6.11. The van der Waals surface area contributed by atoms with Crippen molar-refractivity contribution in [2.75, 3.05) is 12.4 Å². The van der Waals surface area contributed by atoms with Crippen LogP contribution in [0.4, 0.5) is 10.5 Å². The van der Waals surface area contributed by atoms with E-state index in [1.807, 2.05) is 0 Å². The van der Waals surface area contributed by atoms with Gasteiger partial charge in [-0.25, -0.2) is 4.79 Å². The molecule has 0 spiro atoms.